The Morgan fingerprint density at radius 2 is 2.19 bits per heavy atom. The Bertz CT molecular complexity index is 489. The third-order valence-corrected chi connectivity index (χ3v) is 4.47. The zero-order chi connectivity index (χ0) is 15.4. The summed E-state index contributed by atoms with van der Waals surface area (Å²) in [5.74, 6) is 1.67. The van der Waals surface area contributed by atoms with Crippen molar-refractivity contribution in [2.24, 2.45) is 11.7 Å². The van der Waals surface area contributed by atoms with E-state index in [2.05, 4.69) is 13.8 Å². The number of carbonyl (C=O) groups excluding carboxylic acids is 1. The number of ether oxygens (including phenoxy) is 1. The fraction of sp³-hybridized carbons (Fsp3) is 0.588. The quantitative estimate of drug-likeness (QED) is 0.906. The van der Waals surface area contributed by atoms with Gasteiger partial charge in [-0.05, 0) is 43.4 Å². The molecule has 4 heteroatoms. The molecule has 4 nitrogen and oxygen atoms in total. The molecule has 0 aliphatic carbocycles. The Kier molecular flexibility index (Phi) is 5.23. The average molecular weight is 290 g/mol. The van der Waals surface area contributed by atoms with Crippen molar-refractivity contribution in [3.8, 4) is 5.75 Å². The van der Waals surface area contributed by atoms with Crippen LogP contribution in [0.1, 0.15) is 38.2 Å². The number of benzene rings is 1. The number of hydrogen-bond donors (Lipinski definition) is 1. The van der Waals surface area contributed by atoms with Gasteiger partial charge in [0.25, 0.3) is 0 Å². The van der Waals surface area contributed by atoms with Crippen LogP contribution in [0.15, 0.2) is 24.3 Å². The molecule has 1 aliphatic rings. The van der Waals surface area contributed by atoms with Gasteiger partial charge in [0.15, 0.2) is 0 Å². The molecule has 0 bridgehead atoms. The first kappa shape index (κ1) is 15.8. The van der Waals surface area contributed by atoms with Gasteiger partial charge in [-0.25, -0.2) is 0 Å². The Morgan fingerprint density at radius 3 is 2.81 bits per heavy atom. The third-order valence-electron chi connectivity index (χ3n) is 4.47. The van der Waals surface area contributed by atoms with Gasteiger partial charge in [0, 0.05) is 19.0 Å². The van der Waals surface area contributed by atoms with E-state index in [1.165, 1.54) is 0 Å². The number of amides is 1. The van der Waals surface area contributed by atoms with Crippen molar-refractivity contribution in [2.75, 3.05) is 20.2 Å². The molecular formula is C17H26N2O2. The summed E-state index contributed by atoms with van der Waals surface area (Å²) < 4.78 is 5.39. The predicted octanol–water partition coefficient (Wildman–Crippen LogP) is 2.38. The first-order chi connectivity index (χ1) is 10.1. The number of nitrogens with zero attached hydrogens (tertiary/aromatic N) is 1. The molecule has 1 heterocycles. The van der Waals surface area contributed by atoms with Gasteiger partial charge in [0.1, 0.15) is 5.75 Å². The highest BCUT2D eigenvalue weighted by atomic mass is 16.5. The summed E-state index contributed by atoms with van der Waals surface area (Å²) in [5.41, 5.74) is 6.83. The topological polar surface area (TPSA) is 55.6 Å². The van der Waals surface area contributed by atoms with Crippen LogP contribution in [0.4, 0.5) is 0 Å². The molecule has 1 saturated heterocycles. The average Bonchev–Trinajstić information content (AvgIpc) is 2.88. The summed E-state index contributed by atoms with van der Waals surface area (Å²) in [4.78, 5) is 14.5. The molecule has 1 amide bonds. The number of nitrogens with two attached hydrogens (primary N) is 1. The highest BCUT2D eigenvalue weighted by Gasteiger charge is 2.32. The van der Waals surface area contributed by atoms with Gasteiger partial charge in [-0.15, -0.1) is 0 Å². The van der Waals surface area contributed by atoms with Crippen LogP contribution in [0, 0.1) is 5.92 Å². The molecule has 1 aliphatic heterocycles. The summed E-state index contributed by atoms with van der Waals surface area (Å²) in [7, 11) is 1.67. The standard InChI is InChI=1S/C17H26N2O2/c1-12(15-6-4-5-7-16(15)21-3)8-17(20)19-11-14(10-18)9-13(19)2/h4-7,12-14H,8-11,18H2,1-3H3. The maximum Gasteiger partial charge on any atom is 0.223 e. The second-order valence-corrected chi connectivity index (χ2v) is 6.08. The number of hydrogen-bond acceptors (Lipinski definition) is 3. The molecule has 0 aromatic heterocycles. The molecule has 3 atom stereocenters. The van der Waals surface area contributed by atoms with Crippen molar-refractivity contribution in [2.45, 2.75) is 38.6 Å². The molecule has 0 radical (unpaired) electrons. The van der Waals surface area contributed by atoms with Crippen LogP contribution in [0.25, 0.3) is 0 Å². The van der Waals surface area contributed by atoms with Crippen LogP contribution >= 0.6 is 0 Å². The molecular weight excluding hydrogens is 264 g/mol. The molecule has 1 fully saturated rings. The van der Waals surface area contributed by atoms with Crippen LogP contribution in [-0.4, -0.2) is 37.0 Å². The second kappa shape index (κ2) is 6.94. The van der Waals surface area contributed by atoms with Crippen molar-refractivity contribution < 1.29 is 9.53 Å². The predicted molar refractivity (Wildman–Crippen MR) is 84.4 cm³/mol. The lowest BCUT2D eigenvalue weighted by Gasteiger charge is -2.24. The van der Waals surface area contributed by atoms with Gasteiger partial charge in [0.05, 0.1) is 7.11 Å². The van der Waals surface area contributed by atoms with Crippen molar-refractivity contribution in [3.63, 3.8) is 0 Å². The molecule has 1 aromatic rings. The minimum Gasteiger partial charge on any atom is -0.496 e. The van der Waals surface area contributed by atoms with Crippen molar-refractivity contribution in [1.29, 1.82) is 0 Å². The SMILES string of the molecule is COc1ccccc1C(C)CC(=O)N1CC(CN)CC1C. The second-order valence-electron chi connectivity index (χ2n) is 6.08. The van der Waals surface area contributed by atoms with Crippen LogP contribution in [-0.2, 0) is 4.79 Å². The van der Waals surface area contributed by atoms with E-state index in [1.807, 2.05) is 29.2 Å². The summed E-state index contributed by atoms with van der Waals surface area (Å²) in [6.07, 6.45) is 1.54. The fourth-order valence-corrected chi connectivity index (χ4v) is 3.22. The zero-order valence-corrected chi connectivity index (χ0v) is 13.2. The summed E-state index contributed by atoms with van der Waals surface area (Å²) >= 11 is 0. The molecule has 3 unspecified atom stereocenters. The number of likely N-dealkylation sites (tertiary alicyclic amines) is 1. The van der Waals surface area contributed by atoms with Gasteiger partial charge in [-0.3, -0.25) is 4.79 Å². The zero-order valence-electron chi connectivity index (χ0n) is 13.2. The van der Waals surface area contributed by atoms with E-state index in [0.717, 1.165) is 24.3 Å². The lowest BCUT2D eigenvalue weighted by Crippen LogP contribution is -2.35. The number of rotatable bonds is 5. The van der Waals surface area contributed by atoms with E-state index < -0.39 is 0 Å². The van der Waals surface area contributed by atoms with Gasteiger partial charge in [-0.1, -0.05) is 25.1 Å². The van der Waals surface area contributed by atoms with Crippen molar-refractivity contribution in [3.05, 3.63) is 29.8 Å². The van der Waals surface area contributed by atoms with E-state index in [-0.39, 0.29) is 11.8 Å². The van der Waals surface area contributed by atoms with E-state index in [9.17, 15) is 4.79 Å². The van der Waals surface area contributed by atoms with Gasteiger partial charge < -0.3 is 15.4 Å². The van der Waals surface area contributed by atoms with E-state index in [4.69, 9.17) is 10.5 Å². The molecule has 21 heavy (non-hydrogen) atoms. The van der Waals surface area contributed by atoms with Gasteiger partial charge in [0.2, 0.25) is 5.91 Å². The minimum absolute atomic E-state index is 0.151. The molecule has 1 aromatic carbocycles. The smallest absolute Gasteiger partial charge is 0.223 e. The largest absolute Gasteiger partial charge is 0.496 e. The molecule has 116 valence electrons. The first-order valence-corrected chi connectivity index (χ1v) is 7.69. The molecule has 2 rings (SSSR count). The summed E-state index contributed by atoms with van der Waals surface area (Å²) in [5, 5.41) is 0. The van der Waals surface area contributed by atoms with Crippen molar-refractivity contribution in [1.82, 2.24) is 4.90 Å². The monoisotopic (exact) mass is 290 g/mol. The Hall–Kier alpha value is -1.55. The molecule has 2 N–H and O–H groups in total. The third kappa shape index (κ3) is 3.56. The summed E-state index contributed by atoms with van der Waals surface area (Å²) in [6, 6.07) is 8.22. The van der Waals surface area contributed by atoms with Crippen LogP contribution < -0.4 is 10.5 Å². The van der Waals surface area contributed by atoms with Crippen LogP contribution in [0.2, 0.25) is 0 Å². The van der Waals surface area contributed by atoms with Gasteiger partial charge >= 0.3 is 0 Å². The normalized spacial score (nSPS) is 23.1. The van der Waals surface area contributed by atoms with E-state index >= 15 is 0 Å². The maximum atomic E-state index is 12.5. The lowest BCUT2D eigenvalue weighted by molar-refractivity contribution is -0.132. The Morgan fingerprint density at radius 1 is 1.48 bits per heavy atom. The molecule has 0 saturated carbocycles. The van der Waals surface area contributed by atoms with E-state index in [1.54, 1.807) is 7.11 Å². The summed E-state index contributed by atoms with van der Waals surface area (Å²) in [6.45, 7) is 5.66. The Balaban J connectivity index is 2.02. The van der Waals surface area contributed by atoms with Crippen LogP contribution in [0.3, 0.4) is 0 Å². The van der Waals surface area contributed by atoms with Gasteiger partial charge in [-0.2, -0.15) is 0 Å². The molecule has 0 spiro atoms. The van der Waals surface area contributed by atoms with Crippen LogP contribution in [0.5, 0.6) is 5.75 Å². The minimum atomic E-state index is 0.151. The number of methoxy groups -OCH3 is 1. The first-order valence-electron chi connectivity index (χ1n) is 7.69. The van der Waals surface area contributed by atoms with E-state index in [0.29, 0.717) is 24.9 Å². The number of carbonyl (C=O) groups is 1. The fourth-order valence-electron chi connectivity index (χ4n) is 3.22. The van der Waals surface area contributed by atoms with Crippen molar-refractivity contribution >= 4 is 5.91 Å². The maximum absolute atomic E-state index is 12.5. The highest BCUT2D eigenvalue weighted by molar-refractivity contribution is 5.78. The Labute approximate surface area is 127 Å². The highest BCUT2D eigenvalue weighted by Crippen LogP contribution is 2.30. The number of para-hydroxylation sites is 1. The lowest BCUT2D eigenvalue weighted by atomic mass is 9.96.